The van der Waals surface area contributed by atoms with E-state index in [9.17, 15) is 13.2 Å². The van der Waals surface area contributed by atoms with Gasteiger partial charge in [-0.1, -0.05) is 0 Å². The molecule has 1 aromatic heterocycles. The number of benzene rings is 1. The lowest BCUT2D eigenvalue weighted by molar-refractivity contribution is 0.504. The highest BCUT2D eigenvalue weighted by molar-refractivity contribution is 5.82. The van der Waals surface area contributed by atoms with Crippen molar-refractivity contribution < 1.29 is 13.2 Å². The molecule has 2 nitrogen and oxygen atoms in total. The highest BCUT2D eigenvalue weighted by Crippen LogP contribution is 2.23. The molecule has 0 amide bonds. The van der Waals surface area contributed by atoms with Gasteiger partial charge in [-0.25, -0.2) is 13.2 Å². The second kappa shape index (κ2) is 2.87. The summed E-state index contributed by atoms with van der Waals surface area (Å²) in [7, 11) is 0. The third kappa shape index (κ3) is 1.17. The van der Waals surface area contributed by atoms with Gasteiger partial charge in [0.25, 0.3) is 0 Å². The number of fused-ring (bicyclic) bond motifs is 1. The fraction of sp³-hybridized carbons (Fsp3) is 0. The van der Waals surface area contributed by atoms with Gasteiger partial charge < -0.3 is 5.73 Å². The summed E-state index contributed by atoms with van der Waals surface area (Å²) in [5, 5.41) is -0.121. The summed E-state index contributed by atoms with van der Waals surface area (Å²) >= 11 is 0. The second-order valence-electron chi connectivity index (χ2n) is 2.82. The summed E-state index contributed by atoms with van der Waals surface area (Å²) in [6.45, 7) is 0. The molecule has 2 rings (SSSR count). The van der Waals surface area contributed by atoms with Crippen LogP contribution < -0.4 is 5.73 Å². The molecule has 0 fully saturated rings. The molecule has 0 aliphatic carbocycles. The van der Waals surface area contributed by atoms with Gasteiger partial charge >= 0.3 is 0 Å². The Labute approximate surface area is 77.2 Å². The number of nitrogens with two attached hydrogens (primary N) is 1. The Balaban J connectivity index is 2.94. The van der Waals surface area contributed by atoms with Crippen LogP contribution in [-0.4, -0.2) is 4.98 Å². The average Bonchev–Trinajstić information content (AvgIpc) is 2.14. The third-order valence-electron chi connectivity index (χ3n) is 1.84. The minimum atomic E-state index is -1.26. The van der Waals surface area contributed by atoms with E-state index in [0.717, 1.165) is 6.20 Å². The quantitative estimate of drug-likeness (QED) is 0.659. The van der Waals surface area contributed by atoms with Crippen LogP contribution in [0.4, 0.5) is 18.9 Å². The first-order valence-electron chi connectivity index (χ1n) is 3.78. The Morgan fingerprint density at radius 3 is 2.50 bits per heavy atom. The molecule has 0 aliphatic rings. The monoisotopic (exact) mass is 198 g/mol. The first-order chi connectivity index (χ1) is 6.59. The molecule has 0 spiro atoms. The zero-order valence-electron chi connectivity index (χ0n) is 6.89. The average molecular weight is 198 g/mol. The van der Waals surface area contributed by atoms with Crippen molar-refractivity contribution in [3.8, 4) is 0 Å². The van der Waals surface area contributed by atoms with E-state index in [1.807, 2.05) is 0 Å². The van der Waals surface area contributed by atoms with Crippen molar-refractivity contribution in [2.24, 2.45) is 0 Å². The van der Waals surface area contributed by atoms with E-state index >= 15 is 0 Å². The first kappa shape index (κ1) is 8.80. The van der Waals surface area contributed by atoms with E-state index in [-0.39, 0.29) is 16.6 Å². The van der Waals surface area contributed by atoms with Gasteiger partial charge in [0.1, 0.15) is 11.3 Å². The van der Waals surface area contributed by atoms with Crippen molar-refractivity contribution in [2.75, 3.05) is 5.73 Å². The minimum absolute atomic E-state index is 0.121. The van der Waals surface area contributed by atoms with Crippen LogP contribution in [0.5, 0.6) is 0 Å². The fourth-order valence-electron chi connectivity index (χ4n) is 1.20. The predicted octanol–water partition coefficient (Wildman–Crippen LogP) is 2.23. The van der Waals surface area contributed by atoms with Crippen molar-refractivity contribution in [3.63, 3.8) is 0 Å². The minimum Gasteiger partial charge on any atom is -0.397 e. The topological polar surface area (TPSA) is 38.9 Å². The molecule has 1 aromatic carbocycles. The molecular formula is C9H5F3N2. The molecule has 0 radical (unpaired) electrons. The van der Waals surface area contributed by atoms with Crippen LogP contribution in [0.3, 0.4) is 0 Å². The zero-order valence-corrected chi connectivity index (χ0v) is 6.89. The third-order valence-corrected chi connectivity index (χ3v) is 1.84. The van der Waals surface area contributed by atoms with Gasteiger partial charge in [0.15, 0.2) is 11.6 Å². The van der Waals surface area contributed by atoms with Crippen LogP contribution in [0, 0.1) is 17.5 Å². The van der Waals surface area contributed by atoms with E-state index < -0.39 is 17.5 Å². The summed E-state index contributed by atoms with van der Waals surface area (Å²) in [6, 6.07) is 1.68. The Kier molecular flexibility index (Phi) is 1.80. The van der Waals surface area contributed by atoms with Crippen LogP contribution in [0.1, 0.15) is 0 Å². The second-order valence-corrected chi connectivity index (χ2v) is 2.82. The largest absolute Gasteiger partial charge is 0.397 e. The highest BCUT2D eigenvalue weighted by Gasteiger charge is 2.13. The van der Waals surface area contributed by atoms with E-state index in [0.29, 0.717) is 6.07 Å². The Morgan fingerprint density at radius 2 is 1.79 bits per heavy atom. The van der Waals surface area contributed by atoms with Crippen LogP contribution in [0.2, 0.25) is 0 Å². The SMILES string of the molecule is Nc1cnc2c(F)c(F)cc(F)c2c1. The van der Waals surface area contributed by atoms with Crippen LogP contribution in [-0.2, 0) is 0 Å². The Hall–Kier alpha value is -1.78. The van der Waals surface area contributed by atoms with Crippen molar-refractivity contribution in [3.05, 3.63) is 35.8 Å². The summed E-state index contributed by atoms with van der Waals surface area (Å²) < 4.78 is 38.9. The lowest BCUT2D eigenvalue weighted by Gasteiger charge is -2.02. The number of nitrogen functional groups attached to an aromatic ring is 1. The standard InChI is InChI=1S/C9H5F3N2/c10-6-2-7(11)8(12)9-5(6)1-4(13)3-14-9/h1-3H,13H2. The molecule has 2 aromatic rings. The van der Waals surface area contributed by atoms with Crippen molar-refractivity contribution in [2.45, 2.75) is 0 Å². The number of hydrogen-bond donors (Lipinski definition) is 1. The molecule has 0 bridgehead atoms. The number of aromatic nitrogens is 1. The Bertz CT molecular complexity index is 511. The van der Waals surface area contributed by atoms with Crippen molar-refractivity contribution >= 4 is 16.6 Å². The molecule has 0 atom stereocenters. The van der Waals surface area contributed by atoms with Gasteiger partial charge in [0, 0.05) is 11.5 Å². The van der Waals surface area contributed by atoms with Crippen molar-refractivity contribution in [1.82, 2.24) is 4.98 Å². The number of pyridine rings is 1. The molecule has 2 N–H and O–H groups in total. The maximum Gasteiger partial charge on any atom is 0.185 e. The summed E-state index contributed by atoms with van der Waals surface area (Å²) in [5.41, 5.74) is 5.18. The number of hydrogen-bond acceptors (Lipinski definition) is 2. The van der Waals surface area contributed by atoms with E-state index in [2.05, 4.69) is 4.98 Å². The number of anilines is 1. The molecular weight excluding hydrogens is 193 g/mol. The van der Waals surface area contributed by atoms with Crippen LogP contribution >= 0.6 is 0 Å². The van der Waals surface area contributed by atoms with Crippen LogP contribution in [0.15, 0.2) is 18.3 Å². The van der Waals surface area contributed by atoms with Crippen LogP contribution in [0.25, 0.3) is 10.9 Å². The maximum atomic E-state index is 13.1. The number of halogens is 3. The predicted molar refractivity (Wildman–Crippen MR) is 46.0 cm³/mol. The molecule has 0 saturated carbocycles. The molecule has 1 heterocycles. The summed E-state index contributed by atoms with van der Waals surface area (Å²) in [4.78, 5) is 3.52. The maximum absolute atomic E-state index is 13.1. The van der Waals surface area contributed by atoms with Gasteiger partial charge in [-0.3, -0.25) is 4.98 Å². The smallest absolute Gasteiger partial charge is 0.185 e. The molecule has 72 valence electrons. The molecule has 0 saturated heterocycles. The lowest BCUT2D eigenvalue weighted by atomic mass is 10.2. The number of nitrogens with zero attached hydrogens (tertiary/aromatic N) is 1. The van der Waals surface area contributed by atoms with Crippen molar-refractivity contribution in [1.29, 1.82) is 0 Å². The molecule has 14 heavy (non-hydrogen) atoms. The summed E-state index contributed by atoms with van der Waals surface area (Å²) in [6.07, 6.45) is 1.14. The van der Waals surface area contributed by atoms with E-state index in [1.54, 1.807) is 0 Å². The Morgan fingerprint density at radius 1 is 1.07 bits per heavy atom. The number of rotatable bonds is 0. The van der Waals surface area contributed by atoms with Gasteiger partial charge in [-0.15, -0.1) is 0 Å². The summed E-state index contributed by atoms with van der Waals surface area (Å²) in [5.74, 6) is -3.30. The lowest BCUT2D eigenvalue weighted by Crippen LogP contribution is -1.95. The molecule has 0 aliphatic heterocycles. The molecule has 5 heteroatoms. The first-order valence-corrected chi connectivity index (χ1v) is 3.78. The van der Waals surface area contributed by atoms with Gasteiger partial charge in [-0.2, -0.15) is 0 Å². The normalized spacial score (nSPS) is 10.8. The molecule has 0 unspecified atom stereocenters. The zero-order chi connectivity index (χ0) is 10.3. The van der Waals surface area contributed by atoms with E-state index in [4.69, 9.17) is 5.73 Å². The fourth-order valence-corrected chi connectivity index (χ4v) is 1.20. The van der Waals surface area contributed by atoms with Gasteiger partial charge in [-0.05, 0) is 6.07 Å². The van der Waals surface area contributed by atoms with Gasteiger partial charge in [0.05, 0.1) is 11.9 Å². The van der Waals surface area contributed by atoms with Gasteiger partial charge in [0.2, 0.25) is 0 Å². The highest BCUT2D eigenvalue weighted by atomic mass is 19.2. The van der Waals surface area contributed by atoms with E-state index in [1.165, 1.54) is 6.07 Å².